The number of nitrogens with one attached hydrogen (secondary N) is 2. The maximum Gasteiger partial charge on any atom is 0.417 e. The molecule has 5 atom stereocenters. The maximum atomic E-state index is 15.9. The number of amides is 2. The number of carbonyl (C=O) groups is 2. The van der Waals surface area contributed by atoms with Crippen LogP contribution in [-0.2, 0) is 27.1 Å². The first-order chi connectivity index (χ1) is 41.5. The van der Waals surface area contributed by atoms with Crippen molar-refractivity contribution in [2.75, 3.05) is 50.1 Å². The number of aliphatic hydroxyl groups excluding tert-OH is 1. The first kappa shape index (κ1) is 59.7. The van der Waals surface area contributed by atoms with Crippen molar-refractivity contribution in [2.45, 2.75) is 108 Å². The van der Waals surface area contributed by atoms with Gasteiger partial charge in [-0.1, -0.05) is 85.3 Å². The van der Waals surface area contributed by atoms with Crippen molar-refractivity contribution in [1.82, 2.24) is 45.5 Å². The van der Waals surface area contributed by atoms with Crippen LogP contribution < -0.4 is 30.7 Å². The molecular weight excluding hydrogens is 1150 g/mol. The summed E-state index contributed by atoms with van der Waals surface area (Å²) >= 11 is 6.87. The Morgan fingerprint density at radius 2 is 1.76 bits per heavy atom. The Hall–Kier alpha value is -8.01. The van der Waals surface area contributed by atoms with Crippen LogP contribution in [-0.4, -0.2) is 116 Å². The fourth-order valence-corrected chi connectivity index (χ4v) is 13.1. The normalized spacial score (nSPS) is 18.6. The van der Waals surface area contributed by atoms with Crippen molar-refractivity contribution < 1.29 is 46.5 Å². The highest BCUT2D eigenvalue weighted by Gasteiger charge is 2.41. The molecule has 2 amide bonds. The monoisotopic (exact) mass is 1210 g/mol. The van der Waals surface area contributed by atoms with Gasteiger partial charge in [-0.15, -0.1) is 16.4 Å². The summed E-state index contributed by atoms with van der Waals surface area (Å²) in [7, 11) is 0. The van der Waals surface area contributed by atoms with Gasteiger partial charge in [0.2, 0.25) is 12.3 Å². The molecule has 0 spiro atoms. The highest BCUT2D eigenvalue weighted by Crippen LogP contribution is 2.52. The van der Waals surface area contributed by atoms with Gasteiger partial charge in [0.25, 0.3) is 0 Å². The van der Waals surface area contributed by atoms with E-state index in [0.717, 1.165) is 60.3 Å². The zero-order valence-corrected chi connectivity index (χ0v) is 48.9. The van der Waals surface area contributed by atoms with Crippen LogP contribution in [0.15, 0.2) is 91.3 Å². The van der Waals surface area contributed by atoms with E-state index in [-0.39, 0.29) is 104 Å². The number of ether oxygens (including phenoxy) is 3. The number of nitrogens with zero attached hydrogens (tertiary/aromatic N) is 9. The molecular formula is C62H63ClF4N12O6S. The van der Waals surface area contributed by atoms with E-state index in [1.807, 2.05) is 66.1 Å². The zero-order valence-electron chi connectivity index (χ0n) is 47.4. The van der Waals surface area contributed by atoms with Gasteiger partial charge in [0.05, 0.1) is 58.6 Å². The van der Waals surface area contributed by atoms with Gasteiger partial charge in [0.1, 0.15) is 52.7 Å². The predicted molar refractivity (Wildman–Crippen MR) is 319 cm³/mol. The van der Waals surface area contributed by atoms with Gasteiger partial charge in [-0.05, 0) is 79.5 Å². The van der Waals surface area contributed by atoms with Gasteiger partial charge in [0, 0.05) is 84.3 Å². The molecule has 86 heavy (non-hydrogen) atoms. The molecule has 0 saturated carbocycles. The van der Waals surface area contributed by atoms with Crippen LogP contribution in [0.1, 0.15) is 93.6 Å². The number of hydrogen-bond donors (Lipinski definition) is 4. The molecule has 5 unspecified atom stereocenters. The van der Waals surface area contributed by atoms with Crippen molar-refractivity contribution in [2.24, 2.45) is 5.92 Å². The summed E-state index contributed by atoms with van der Waals surface area (Å²) in [4.78, 5) is 42.0. The Kier molecular flexibility index (Phi) is 17.7. The van der Waals surface area contributed by atoms with Crippen molar-refractivity contribution in [3.63, 3.8) is 0 Å². The molecule has 8 aromatic rings. The van der Waals surface area contributed by atoms with Gasteiger partial charge >= 0.3 is 12.2 Å². The standard InChI is InChI=1S/C48H50F4N10O4S.C14H13ClN2O2/c1-25(2)41(46(63)61-16-4-5-26(61)3)62-23-37(58-59-62)28-8-6-27(7-9-28)24-65-42-39(32-12-13-36(49)43-38(32)34(20-53)44(54)67-43)35(48(50,51)52)19-33-40(42)56-47(66-31-14-17-64-18-15-31)57-45(33)60-21-29-10-11-30(22-60)55-29;15-12-2-1-7-16-14(12)11-5-3-10(4-6-11)13(8-18)17-9-19/h6-9,12-13,19,23,25-26,29-31,41,55H,4-5,10-11,14-18,21-22,24,54H2,1-3H3;1-7,9,13,18H,8H2,(H,17,19). The second-order valence-corrected chi connectivity index (χ2v) is 23.8. The number of carbonyl (C=O) groups excluding carboxylic acids is 2. The SMILES string of the molecule is CC(C)C(C(=O)N1CCCC1C)n1cc(-c2ccc(COc3c(-c4ccc(F)c5sc(N)c(C#N)c45)c(C(F)(F)F)cc4c(N5CC6CCC(C5)N6)nc(OC5CCOCC5)nc34)cc2)nn1.O=CNC(CO)c1ccc(-c2ncccc2Cl)cc1. The van der Waals surface area contributed by atoms with Crippen molar-refractivity contribution >= 4 is 67.1 Å². The molecule has 0 aliphatic carbocycles. The Morgan fingerprint density at radius 3 is 2.41 bits per heavy atom. The highest BCUT2D eigenvalue weighted by molar-refractivity contribution is 7.23. The molecule has 4 aromatic heterocycles. The number of pyridine rings is 1. The first-order valence-corrected chi connectivity index (χ1v) is 29.8. The fourth-order valence-electron chi connectivity index (χ4n) is 12.0. The fraction of sp³-hybridized carbons (Fsp3) is 0.387. The number of hydrogen-bond acceptors (Lipinski definition) is 16. The quantitative estimate of drug-likeness (QED) is 0.0521. The van der Waals surface area contributed by atoms with E-state index in [4.69, 9.17) is 41.5 Å². The second kappa shape index (κ2) is 25.5. The summed E-state index contributed by atoms with van der Waals surface area (Å²) in [5.41, 5.74) is 8.82. The average Bonchev–Trinajstić information content (AvgIpc) is 1.19. The number of fused-ring (bicyclic) bond motifs is 4. The molecule has 2 bridgehead atoms. The van der Waals surface area contributed by atoms with E-state index in [2.05, 4.69) is 32.9 Å². The van der Waals surface area contributed by atoms with Gasteiger partial charge in [-0.25, -0.2) is 9.07 Å². The number of halogens is 5. The number of nitriles is 1. The number of likely N-dealkylation sites (tertiary alicyclic amines) is 1. The lowest BCUT2D eigenvalue weighted by molar-refractivity contribution is -0.137. The minimum absolute atomic E-state index is 0.0119. The van der Waals surface area contributed by atoms with Crippen molar-refractivity contribution in [1.29, 1.82) is 5.26 Å². The molecule has 4 saturated heterocycles. The number of nitrogens with two attached hydrogens (primary N) is 1. The summed E-state index contributed by atoms with van der Waals surface area (Å²) in [6, 6.07) is 22.9. The number of benzene rings is 4. The Balaban J connectivity index is 0.000000344. The third kappa shape index (κ3) is 12.4. The Morgan fingerprint density at radius 1 is 1.02 bits per heavy atom. The number of aliphatic hydroxyl groups is 1. The predicted octanol–water partition coefficient (Wildman–Crippen LogP) is 10.8. The van der Waals surface area contributed by atoms with Gasteiger partial charge < -0.3 is 45.5 Å². The number of nitrogen functional groups attached to an aromatic ring is 1. The molecule has 18 nitrogen and oxygen atoms in total. The van der Waals surface area contributed by atoms with Gasteiger partial charge in [0.15, 0.2) is 5.75 Å². The topological polar surface area (TPSA) is 232 Å². The summed E-state index contributed by atoms with van der Waals surface area (Å²) in [5, 5.41) is 35.0. The smallest absolute Gasteiger partial charge is 0.417 e. The van der Waals surface area contributed by atoms with Gasteiger partial charge in [-0.2, -0.15) is 28.4 Å². The van der Waals surface area contributed by atoms with Crippen LogP contribution in [0.5, 0.6) is 11.8 Å². The lowest BCUT2D eigenvalue weighted by atomic mass is 9.92. The molecule has 12 rings (SSSR count). The molecule has 0 radical (unpaired) electrons. The molecule has 4 aliphatic rings. The van der Waals surface area contributed by atoms with E-state index < -0.39 is 35.2 Å². The molecule has 5 N–H and O–H groups in total. The number of piperazine rings is 1. The van der Waals surface area contributed by atoms with Crippen LogP contribution in [0.25, 0.3) is 54.6 Å². The van der Waals surface area contributed by atoms with E-state index >= 15 is 17.6 Å². The largest absolute Gasteiger partial charge is 0.486 e. The third-order valence-electron chi connectivity index (χ3n) is 16.3. The average molecular weight is 1220 g/mol. The van der Waals surface area contributed by atoms with E-state index in [1.54, 1.807) is 41.3 Å². The number of rotatable bonds is 16. The summed E-state index contributed by atoms with van der Waals surface area (Å²) in [5.74, 6) is -0.723. The highest BCUT2D eigenvalue weighted by atomic mass is 35.5. The number of alkyl halides is 3. The summed E-state index contributed by atoms with van der Waals surface area (Å²) in [6.07, 6.45) is 3.63. The van der Waals surface area contributed by atoms with Crippen LogP contribution >= 0.6 is 22.9 Å². The minimum atomic E-state index is -4.97. The maximum absolute atomic E-state index is 15.9. The molecule has 24 heteroatoms. The van der Waals surface area contributed by atoms with E-state index in [0.29, 0.717) is 79.6 Å². The van der Waals surface area contributed by atoms with E-state index in [1.165, 1.54) is 6.07 Å². The zero-order chi connectivity index (χ0) is 60.4. The molecule has 448 valence electrons. The van der Waals surface area contributed by atoms with Crippen molar-refractivity contribution in [3.8, 4) is 51.5 Å². The number of anilines is 2. The Labute approximate surface area is 502 Å². The first-order valence-electron chi connectivity index (χ1n) is 28.6. The van der Waals surface area contributed by atoms with Crippen LogP contribution in [0.4, 0.5) is 28.4 Å². The second-order valence-electron chi connectivity index (χ2n) is 22.3. The lowest BCUT2D eigenvalue weighted by Crippen LogP contribution is -2.51. The van der Waals surface area contributed by atoms with Crippen LogP contribution in [0.3, 0.4) is 0 Å². The van der Waals surface area contributed by atoms with Crippen molar-refractivity contribution in [3.05, 3.63) is 124 Å². The van der Waals surface area contributed by atoms with E-state index in [9.17, 15) is 20.0 Å². The molecule has 4 fully saturated rings. The minimum Gasteiger partial charge on any atom is -0.486 e. The Bertz CT molecular complexity index is 3810. The van der Waals surface area contributed by atoms with Gasteiger partial charge in [-0.3, -0.25) is 14.6 Å². The summed E-state index contributed by atoms with van der Waals surface area (Å²) < 4.78 is 83.3. The summed E-state index contributed by atoms with van der Waals surface area (Å²) in [6.45, 7) is 8.31. The molecule has 8 heterocycles. The van der Waals surface area contributed by atoms with Crippen LogP contribution in [0, 0.1) is 23.1 Å². The molecule has 4 aliphatic heterocycles. The molecule has 4 aromatic carbocycles. The lowest BCUT2D eigenvalue weighted by Gasteiger charge is -2.35. The number of aromatic nitrogens is 6. The van der Waals surface area contributed by atoms with Crippen LogP contribution in [0.2, 0.25) is 5.02 Å². The third-order valence-corrected chi connectivity index (χ3v) is 17.6. The number of thiophene rings is 1.